The zero-order chi connectivity index (χ0) is 7.11. The summed E-state index contributed by atoms with van der Waals surface area (Å²) >= 11 is 1.46. The summed E-state index contributed by atoms with van der Waals surface area (Å²) in [5.74, 6) is 0. The van der Waals surface area contributed by atoms with Crippen LogP contribution < -0.4 is 0 Å². The van der Waals surface area contributed by atoms with Crippen LogP contribution in [0.2, 0.25) is 0 Å². The van der Waals surface area contributed by atoms with Gasteiger partial charge in [0.25, 0.3) is 0 Å². The fourth-order valence-electron chi connectivity index (χ4n) is 0.320. The van der Waals surface area contributed by atoms with Crippen LogP contribution in [0.15, 0.2) is 11.7 Å². The number of hydrogen-bond donors (Lipinski definition) is 2. The third-order valence-electron chi connectivity index (χ3n) is 0.639. The maximum Gasteiger partial charge on any atom is 0.0795 e. The molecule has 0 saturated heterocycles. The van der Waals surface area contributed by atoms with E-state index in [4.69, 9.17) is 10.5 Å². The van der Waals surface area contributed by atoms with Gasteiger partial charge in [-0.3, -0.25) is 4.98 Å². The molecule has 0 aliphatic heterocycles. The Kier molecular flexibility index (Phi) is 4.95. The van der Waals surface area contributed by atoms with Crippen LogP contribution in [0.5, 0.6) is 0 Å². The van der Waals surface area contributed by atoms with Crippen molar-refractivity contribution in [1.82, 2.24) is 4.98 Å². The van der Waals surface area contributed by atoms with Crippen molar-refractivity contribution in [2.75, 3.05) is 0 Å². The van der Waals surface area contributed by atoms with Gasteiger partial charge in [0.05, 0.1) is 12.1 Å². The maximum atomic E-state index is 8.40. The summed E-state index contributed by atoms with van der Waals surface area (Å²) in [4.78, 5) is 4.67. The number of hydrogen-bond acceptors (Lipinski definition) is 4. The topological polar surface area (TPSA) is 57.0 Å². The molecule has 1 rings (SSSR count). The molecule has 0 atom stereocenters. The minimum Gasteiger partial charge on any atom is -0.391 e. The quantitative estimate of drug-likeness (QED) is 0.575. The van der Waals surface area contributed by atoms with Crippen molar-refractivity contribution in [1.29, 1.82) is 5.41 Å². The minimum atomic E-state index is 0.116. The highest BCUT2D eigenvalue weighted by Gasteiger charge is 1.85. The van der Waals surface area contributed by atoms with E-state index in [1.165, 1.54) is 11.3 Å². The Morgan fingerprint density at radius 3 is 2.67 bits per heavy atom. The third kappa shape index (κ3) is 2.94. The van der Waals surface area contributed by atoms with Crippen LogP contribution in [0.1, 0.15) is 4.88 Å². The molecule has 0 aromatic carbocycles. The number of aliphatic hydroxyl groups excluding tert-OH is 1. The van der Waals surface area contributed by atoms with Crippen LogP contribution >= 0.6 is 11.3 Å². The van der Waals surface area contributed by atoms with Crippen LogP contribution in [-0.4, -0.2) is 16.8 Å². The van der Waals surface area contributed by atoms with Crippen molar-refractivity contribution in [3.05, 3.63) is 16.6 Å². The number of aliphatic hydroxyl groups is 1. The van der Waals surface area contributed by atoms with Gasteiger partial charge in [0.1, 0.15) is 0 Å². The number of nitrogens with zero attached hydrogens (tertiary/aromatic N) is 1. The Balaban J connectivity index is 0.000000291. The van der Waals surface area contributed by atoms with Gasteiger partial charge in [-0.2, -0.15) is 0 Å². The molecule has 1 aromatic heterocycles. The van der Waals surface area contributed by atoms with E-state index in [1.54, 1.807) is 11.7 Å². The second-order valence-corrected chi connectivity index (χ2v) is 2.10. The summed E-state index contributed by atoms with van der Waals surface area (Å²) in [6.07, 6.45) is 1.66. The molecular formula is C5H8N2OS. The summed E-state index contributed by atoms with van der Waals surface area (Å²) in [6.45, 7) is 2.62. The predicted molar refractivity (Wildman–Crippen MR) is 37.9 cm³/mol. The van der Waals surface area contributed by atoms with E-state index in [-0.39, 0.29) is 6.61 Å². The summed E-state index contributed by atoms with van der Waals surface area (Å²) in [5.41, 5.74) is 1.70. The molecule has 0 aliphatic rings. The van der Waals surface area contributed by atoms with Crippen molar-refractivity contribution in [3.8, 4) is 0 Å². The van der Waals surface area contributed by atoms with Gasteiger partial charge < -0.3 is 10.5 Å². The van der Waals surface area contributed by atoms with Crippen LogP contribution in [-0.2, 0) is 6.61 Å². The van der Waals surface area contributed by atoms with E-state index in [2.05, 4.69) is 11.7 Å². The second-order valence-electron chi connectivity index (χ2n) is 1.13. The van der Waals surface area contributed by atoms with Crippen molar-refractivity contribution >= 4 is 18.1 Å². The Hall–Kier alpha value is -0.740. The van der Waals surface area contributed by atoms with Crippen molar-refractivity contribution in [2.24, 2.45) is 0 Å². The van der Waals surface area contributed by atoms with Gasteiger partial charge in [-0.05, 0) is 6.72 Å². The van der Waals surface area contributed by atoms with E-state index >= 15 is 0 Å². The van der Waals surface area contributed by atoms with Gasteiger partial charge in [0.2, 0.25) is 0 Å². The normalized spacial score (nSPS) is 7.67. The van der Waals surface area contributed by atoms with Crippen LogP contribution in [0.25, 0.3) is 0 Å². The van der Waals surface area contributed by atoms with E-state index in [1.807, 2.05) is 0 Å². The van der Waals surface area contributed by atoms with Crippen molar-refractivity contribution in [2.45, 2.75) is 6.61 Å². The molecular weight excluding hydrogens is 136 g/mol. The number of aromatic nitrogens is 1. The van der Waals surface area contributed by atoms with Gasteiger partial charge in [-0.15, -0.1) is 11.3 Å². The predicted octanol–water partition coefficient (Wildman–Crippen LogP) is 0.901. The van der Waals surface area contributed by atoms with Crippen LogP contribution in [0.3, 0.4) is 0 Å². The SMILES string of the molecule is C=N.OCc1cncs1. The molecule has 0 saturated carbocycles. The first-order valence-electron chi connectivity index (χ1n) is 2.27. The Bertz CT molecular complexity index is 141. The van der Waals surface area contributed by atoms with E-state index < -0.39 is 0 Å². The highest BCUT2D eigenvalue weighted by atomic mass is 32.1. The molecule has 0 spiro atoms. The van der Waals surface area contributed by atoms with Gasteiger partial charge in [0, 0.05) is 11.1 Å². The monoisotopic (exact) mass is 144 g/mol. The molecule has 0 bridgehead atoms. The number of rotatable bonds is 1. The van der Waals surface area contributed by atoms with E-state index in [0.717, 1.165) is 4.88 Å². The summed E-state index contributed by atoms with van der Waals surface area (Å²) < 4.78 is 0. The summed E-state index contributed by atoms with van der Waals surface area (Å²) in [7, 11) is 0. The van der Waals surface area contributed by atoms with Crippen LogP contribution in [0, 0.1) is 5.41 Å². The molecule has 1 aromatic rings. The average Bonchev–Trinajstić information content (AvgIpc) is 2.43. The standard InChI is InChI=1S/C4H5NOS.CH3N/c6-2-4-1-5-3-7-4;1-2/h1,3,6H,2H2;2H,1H2. The maximum absolute atomic E-state index is 8.40. The Morgan fingerprint density at radius 1 is 1.78 bits per heavy atom. The lowest BCUT2D eigenvalue weighted by molar-refractivity contribution is 0.285. The van der Waals surface area contributed by atoms with Gasteiger partial charge in [0.15, 0.2) is 0 Å². The lowest BCUT2D eigenvalue weighted by Gasteiger charge is -1.76. The molecule has 3 nitrogen and oxygen atoms in total. The Morgan fingerprint density at radius 2 is 2.44 bits per heavy atom. The van der Waals surface area contributed by atoms with Gasteiger partial charge in [-0.25, -0.2) is 0 Å². The first kappa shape index (κ1) is 8.26. The molecule has 4 heteroatoms. The molecule has 0 unspecified atom stereocenters. The number of thiazole rings is 1. The molecule has 9 heavy (non-hydrogen) atoms. The molecule has 50 valence electrons. The van der Waals surface area contributed by atoms with Crippen LogP contribution in [0.4, 0.5) is 0 Å². The lowest BCUT2D eigenvalue weighted by atomic mass is 10.6. The third-order valence-corrected chi connectivity index (χ3v) is 1.40. The molecule has 0 aliphatic carbocycles. The van der Waals surface area contributed by atoms with Gasteiger partial charge in [-0.1, -0.05) is 0 Å². The summed E-state index contributed by atoms with van der Waals surface area (Å²) in [5, 5.41) is 13.9. The highest BCUT2D eigenvalue weighted by molar-refractivity contribution is 7.09. The zero-order valence-electron chi connectivity index (χ0n) is 4.87. The van der Waals surface area contributed by atoms with Crippen molar-refractivity contribution in [3.63, 3.8) is 0 Å². The van der Waals surface area contributed by atoms with E-state index in [9.17, 15) is 0 Å². The molecule has 1 heterocycles. The van der Waals surface area contributed by atoms with Crippen molar-refractivity contribution < 1.29 is 5.11 Å². The Labute approximate surface area is 57.5 Å². The first-order chi connectivity index (χ1) is 4.43. The van der Waals surface area contributed by atoms with E-state index in [0.29, 0.717) is 0 Å². The lowest BCUT2D eigenvalue weighted by Crippen LogP contribution is -1.70. The summed E-state index contributed by atoms with van der Waals surface area (Å²) in [6, 6.07) is 0. The fraction of sp³-hybridized carbons (Fsp3) is 0.200. The molecule has 0 fully saturated rings. The average molecular weight is 144 g/mol. The number of nitrogens with one attached hydrogen (secondary N) is 1. The largest absolute Gasteiger partial charge is 0.391 e. The highest BCUT2D eigenvalue weighted by Crippen LogP contribution is 2.02. The molecule has 0 amide bonds. The second kappa shape index (κ2) is 5.40. The van der Waals surface area contributed by atoms with Gasteiger partial charge >= 0.3 is 0 Å². The zero-order valence-corrected chi connectivity index (χ0v) is 5.69. The molecule has 0 radical (unpaired) electrons. The smallest absolute Gasteiger partial charge is 0.0795 e. The first-order valence-corrected chi connectivity index (χ1v) is 3.15. The molecule has 2 N–H and O–H groups in total. The fourth-order valence-corrected chi connectivity index (χ4v) is 0.774. The minimum absolute atomic E-state index is 0.116.